The largest absolute Gasteiger partial charge is 0.464 e. The summed E-state index contributed by atoms with van der Waals surface area (Å²) < 4.78 is 0. The van der Waals surface area contributed by atoms with Gasteiger partial charge in [-0.15, -0.1) is 11.8 Å². The zero-order chi connectivity index (χ0) is 12.6. The fraction of sp³-hybridized carbons (Fsp3) is 0.273. The quantitative estimate of drug-likeness (QED) is 0.794. The minimum atomic E-state index is -1.25. The number of amides is 2. The van der Waals surface area contributed by atoms with E-state index in [4.69, 9.17) is 10.8 Å². The van der Waals surface area contributed by atoms with Crippen molar-refractivity contribution in [1.29, 1.82) is 0 Å². The van der Waals surface area contributed by atoms with Gasteiger partial charge in [-0.1, -0.05) is 6.07 Å². The molecular weight excluding hydrogens is 240 g/mol. The molecule has 1 aromatic rings. The first-order chi connectivity index (χ1) is 8.04. The Labute approximate surface area is 103 Å². The monoisotopic (exact) mass is 252 g/mol. The Hall–Kier alpha value is -1.53. The highest BCUT2D eigenvalue weighted by Crippen LogP contribution is 2.39. The van der Waals surface area contributed by atoms with Crippen molar-refractivity contribution in [2.24, 2.45) is 5.73 Å². The van der Waals surface area contributed by atoms with Gasteiger partial charge >= 0.3 is 6.09 Å². The first-order valence-corrected chi connectivity index (χ1v) is 5.99. The van der Waals surface area contributed by atoms with Gasteiger partial charge in [0.25, 0.3) is 0 Å². The summed E-state index contributed by atoms with van der Waals surface area (Å²) in [5, 5.41) is 8.71. The summed E-state index contributed by atoms with van der Waals surface area (Å²) in [6.45, 7) is 2.01. The number of carbonyl (C=O) groups is 2. The molecule has 0 saturated carbocycles. The molecule has 1 aliphatic rings. The topological polar surface area (TPSA) is 83.6 Å². The van der Waals surface area contributed by atoms with Crippen LogP contribution >= 0.6 is 11.8 Å². The summed E-state index contributed by atoms with van der Waals surface area (Å²) >= 11 is 1.36. The molecule has 1 atom stereocenters. The number of carbonyl (C=O) groups excluding carboxylic acids is 1. The molecule has 5 nitrogen and oxygen atoms in total. The number of thioether (sulfide) groups is 1. The Kier molecular flexibility index (Phi) is 3.08. The van der Waals surface area contributed by atoms with Gasteiger partial charge < -0.3 is 10.8 Å². The maximum absolute atomic E-state index is 11.8. The summed E-state index contributed by atoms with van der Waals surface area (Å²) in [4.78, 5) is 24.5. The molecule has 0 aliphatic carbocycles. The van der Waals surface area contributed by atoms with Crippen LogP contribution in [0.4, 0.5) is 10.5 Å². The van der Waals surface area contributed by atoms with Crippen LogP contribution in [0.2, 0.25) is 0 Å². The maximum atomic E-state index is 11.8. The predicted octanol–water partition coefficient (Wildman–Crippen LogP) is 1.65. The van der Waals surface area contributed by atoms with Crippen LogP contribution in [0, 0.1) is 0 Å². The lowest BCUT2D eigenvalue weighted by atomic mass is 10.1. The van der Waals surface area contributed by atoms with E-state index in [0.29, 0.717) is 12.2 Å². The van der Waals surface area contributed by atoms with Crippen LogP contribution in [0.3, 0.4) is 0 Å². The van der Waals surface area contributed by atoms with E-state index in [0.717, 1.165) is 15.4 Å². The van der Waals surface area contributed by atoms with E-state index in [1.807, 2.05) is 6.07 Å². The van der Waals surface area contributed by atoms with Crippen LogP contribution < -0.4 is 10.6 Å². The van der Waals surface area contributed by atoms with Crippen molar-refractivity contribution in [2.75, 3.05) is 4.90 Å². The number of nitrogens with two attached hydrogens (primary N) is 1. The van der Waals surface area contributed by atoms with Gasteiger partial charge in [-0.2, -0.15) is 0 Å². The van der Waals surface area contributed by atoms with Crippen LogP contribution in [0.1, 0.15) is 12.5 Å². The van der Waals surface area contributed by atoms with Crippen LogP contribution in [-0.2, 0) is 11.3 Å². The zero-order valence-electron chi connectivity index (χ0n) is 9.21. The van der Waals surface area contributed by atoms with Crippen LogP contribution in [0.25, 0.3) is 0 Å². The molecule has 3 N–H and O–H groups in total. The normalized spacial score (nSPS) is 19.1. The van der Waals surface area contributed by atoms with Gasteiger partial charge in [0, 0.05) is 11.4 Å². The zero-order valence-corrected chi connectivity index (χ0v) is 10.0. The maximum Gasteiger partial charge on any atom is 0.418 e. The number of imide groups is 1. The van der Waals surface area contributed by atoms with E-state index in [-0.39, 0.29) is 5.25 Å². The molecule has 0 aromatic heterocycles. The van der Waals surface area contributed by atoms with Gasteiger partial charge in [0.1, 0.15) is 0 Å². The van der Waals surface area contributed by atoms with Crippen molar-refractivity contribution in [3.8, 4) is 0 Å². The first-order valence-electron chi connectivity index (χ1n) is 5.11. The molecule has 6 heteroatoms. The highest BCUT2D eigenvalue weighted by Gasteiger charge is 2.34. The van der Waals surface area contributed by atoms with E-state index in [1.165, 1.54) is 11.8 Å². The van der Waals surface area contributed by atoms with Crippen molar-refractivity contribution < 1.29 is 14.7 Å². The minimum Gasteiger partial charge on any atom is -0.464 e. The number of rotatable bonds is 1. The number of nitrogens with zero attached hydrogens (tertiary/aromatic N) is 1. The molecule has 2 rings (SSSR count). The molecule has 1 unspecified atom stereocenters. The summed E-state index contributed by atoms with van der Waals surface area (Å²) in [5.41, 5.74) is 6.72. The van der Waals surface area contributed by atoms with E-state index >= 15 is 0 Å². The number of hydrogen-bond acceptors (Lipinski definition) is 4. The fourth-order valence-corrected chi connectivity index (χ4v) is 2.71. The Balaban J connectivity index is 2.55. The van der Waals surface area contributed by atoms with Crippen LogP contribution in [0.5, 0.6) is 0 Å². The van der Waals surface area contributed by atoms with Crippen molar-refractivity contribution >= 4 is 29.4 Å². The Morgan fingerprint density at radius 1 is 1.59 bits per heavy atom. The Bertz CT molecular complexity index is 490. The van der Waals surface area contributed by atoms with E-state index in [9.17, 15) is 9.59 Å². The van der Waals surface area contributed by atoms with Gasteiger partial charge in [0.2, 0.25) is 5.91 Å². The Morgan fingerprint density at radius 3 is 2.88 bits per heavy atom. The third-order valence-electron chi connectivity index (χ3n) is 2.56. The average molecular weight is 252 g/mol. The molecule has 0 fully saturated rings. The van der Waals surface area contributed by atoms with E-state index in [2.05, 4.69) is 0 Å². The second kappa shape index (κ2) is 4.38. The molecule has 2 amide bonds. The molecule has 0 spiro atoms. The first kappa shape index (κ1) is 11.9. The smallest absolute Gasteiger partial charge is 0.418 e. The van der Waals surface area contributed by atoms with Gasteiger partial charge in [0.05, 0.1) is 10.9 Å². The molecule has 90 valence electrons. The van der Waals surface area contributed by atoms with E-state index in [1.54, 1.807) is 19.1 Å². The molecule has 0 saturated heterocycles. The van der Waals surface area contributed by atoms with Crippen molar-refractivity contribution in [1.82, 2.24) is 0 Å². The van der Waals surface area contributed by atoms with Crippen molar-refractivity contribution in [3.63, 3.8) is 0 Å². The van der Waals surface area contributed by atoms with Crippen molar-refractivity contribution in [3.05, 3.63) is 23.8 Å². The lowest BCUT2D eigenvalue weighted by Crippen LogP contribution is -2.43. The Morgan fingerprint density at radius 2 is 2.29 bits per heavy atom. The average Bonchev–Trinajstić information content (AvgIpc) is 2.29. The molecule has 1 aromatic carbocycles. The number of hydrogen-bond donors (Lipinski definition) is 2. The lowest BCUT2D eigenvalue weighted by molar-refractivity contribution is -0.117. The lowest BCUT2D eigenvalue weighted by Gasteiger charge is -2.28. The third-order valence-corrected chi connectivity index (χ3v) is 3.72. The van der Waals surface area contributed by atoms with Crippen LogP contribution in [-0.4, -0.2) is 22.4 Å². The van der Waals surface area contributed by atoms with Gasteiger partial charge in [-0.3, -0.25) is 4.79 Å². The highest BCUT2D eigenvalue weighted by atomic mass is 32.2. The van der Waals surface area contributed by atoms with E-state index < -0.39 is 12.0 Å². The van der Waals surface area contributed by atoms with Gasteiger partial charge in [-0.25, -0.2) is 9.69 Å². The standard InChI is InChI=1S/C11H12N2O3S/c1-6-10(14)13(11(15)16)8-4-7(5-12)2-3-9(8)17-6/h2-4,6H,5,12H2,1H3,(H,15,16). The van der Waals surface area contributed by atoms with Crippen LogP contribution in [0.15, 0.2) is 23.1 Å². The number of anilines is 1. The minimum absolute atomic E-state index is 0.315. The second-order valence-electron chi connectivity index (χ2n) is 3.72. The molecule has 0 radical (unpaired) electrons. The number of carboxylic acid groups (broad SMARTS) is 1. The number of fused-ring (bicyclic) bond motifs is 1. The fourth-order valence-electron chi connectivity index (χ4n) is 1.70. The molecule has 17 heavy (non-hydrogen) atoms. The third kappa shape index (κ3) is 2.01. The van der Waals surface area contributed by atoms with Gasteiger partial charge in [-0.05, 0) is 24.6 Å². The molecular formula is C11H12N2O3S. The molecule has 1 heterocycles. The second-order valence-corrected chi connectivity index (χ2v) is 5.11. The summed E-state index contributed by atoms with van der Waals surface area (Å²) in [7, 11) is 0. The van der Waals surface area contributed by atoms with Gasteiger partial charge in [0.15, 0.2) is 0 Å². The summed E-state index contributed by atoms with van der Waals surface area (Å²) in [5.74, 6) is -0.413. The number of benzene rings is 1. The van der Waals surface area contributed by atoms with Crippen molar-refractivity contribution in [2.45, 2.75) is 23.6 Å². The highest BCUT2D eigenvalue weighted by molar-refractivity contribution is 8.01. The summed E-state index contributed by atoms with van der Waals surface area (Å²) in [6.07, 6.45) is -1.25. The molecule has 1 aliphatic heterocycles. The SMILES string of the molecule is CC1Sc2ccc(CN)cc2N(C(=O)O)C1=O. The molecule has 0 bridgehead atoms. The summed E-state index contributed by atoms with van der Waals surface area (Å²) in [6, 6.07) is 5.30. The predicted molar refractivity (Wildman–Crippen MR) is 65.2 cm³/mol.